The third kappa shape index (κ3) is 4.75. The Labute approximate surface area is 118 Å². The number of carbonyl (C=O) groups excluding carboxylic acids is 1. The standard InChI is InChI=1S/C13H18Cl2N2O/c1-4-13(2,3)17-12(18)8-16-9-5-6-10(14)11(15)7-9/h5-7,16H,4,8H2,1-3H3,(H,17,18). The topological polar surface area (TPSA) is 41.1 Å². The fourth-order valence-electron chi connectivity index (χ4n) is 1.30. The molecule has 0 aliphatic carbocycles. The van der Waals surface area contributed by atoms with E-state index in [4.69, 9.17) is 23.2 Å². The molecule has 0 fully saturated rings. The average Bonchev–Trinajstić information content (AvgIpc) is 2.30. The molecule has 2 N–H and O–H groups in total. The Morgan fingerprint density at radius 2 is 1.94 bits per heavy atom. The molecule has 1 aromatic rings. The van der Waals surface area contributed by atoms with E-state index in [2.05, 4.69) is 10.6 Å². The van der Waals surface area contributed by atoms with Crippen molar-refractivity contribution in [1.29, 1.82) is 0 Å². The van der Waals surface area contributed by atoms with Crippen LogP contribution >= 0.6 is 23.2 Å². The zero-order valence-electron chi connectivity index (χ0n) is 10.8. The van der Waals surface area contributed by atoms with Crippen LogP contribution < -0.4 is 10.6 Å². The molecule has 0 spiro atoms. The van der Waals surface area contributed by atoms with E-state index in [0.717, 1.165) is 12.1 Å². The van der Waals surface area contributed by atoms with Gasteiger partial charge in [-0.05, 0) is 38.5 Å². The van der Waals surface area contributed by atoms with E-state index >= 15 is 0 Å². The van der Waals surface area contributed by atoms with Crippen LogP contribution in [0.4, 0.5) is 5.69 Å². The Balaban J connectivity index is 2.50. The van der Waals surface area contributed by atoms with Crippen LogP contribution in [0.15, 0.2) is 18.2 Å². The average molecular weight is 289 g/mol. The highest BCUT2D eigenvalue weighted by molar-refractivity contribution is 6.42. The second kappa shape index (κ2) is 6.30. The number of benzene rings is 1. The maximum atomic E-state index is 11.7. The predicted octanol–water partition coefficient (Wildman–Crippen LogP) is 3.71. The van der Waals surface area contributed by atoms with Crippen LogP contribution in [-0.4, -0.2) is 18.0 Å². The molecule has 0 saturated carbocycles. The van der Waals surface area contributed by atoms with Gasteiger partial charge in [-0.25, -0.2) is 0 Å². The summed E-state index contributed by atoms with van der Waals surface area (Å²) in [5.41, 5.74) is 0.588. The van der Waals surface area contributed by atoms with Crippen molar-refractivity contribution >= 4 is 34.8 Å². The molecule has 0 heterocycles. The largest absolute Gasteiger partial charge is 0.376 e. The monoisotopic (exact) mass is 288 g/mol. The van der Waals surface area contributed by atoms with E-state index in [1.54, 1.807) is 18.2 Å². The summed E-state index contributed by atoms with van der Waals surface area (Å²) in [5, 5.41) is 6.91. The molecule has 0 radical (unpaired) electrons. The van der Waals surface area contributed by atoms with Crippen molar-refractivity contribution in [3.05, 3.63) is 28.2 Å². The van der Waals surface area contributed by atoms with Gasteiger partial charge in [0.15, 0.2) is 0 Å². The highest BCUT2D eigenvalue weighted by atomic mass is 35.5. The number of rotatable bonds is 5. The van der Waals surface area contributed by atoms with E-state index in [0.29, 0.717) is 10.0 Å². The highest BCUT2D eigenvalue weighted by Gasteiger charge is 2.17. The summed E-state index contributed by atoms with van der Waals surface area (Å²) in [5.74, 6) is -0.0482. The maximum Gasteiger partial charge on any atom is 0.239 e. The van der Waals surface area contributed by atoms with Crippen LogP contribution in [0.3, 0.4) is 0 Å². The number of amides is 1. The normalized spacial score (nSPS) is 11.2. The minimum Gasteiger partial charge on any atom is -0.376 e. The summed E-state index contributed by atoms with van der Waals surface area (Å²) >= 11 is 11.7. The van der Waals surface area contributed by atoms with Gasteiger partial charge in [0.2, 0.25) is 5.91 Å². The zero-order chi connectivity index (χ0) is 13.8. The first-order chi connectivity index (χ1) is 8.34. The van der Waals surface area contributed by atoms with Gasteiger partial charge in [0, 0.05) is 11.2 Å². The molecule has 0 saturated heterocycles. The molecule has 5 heteroatoms. The van der Waals surface area contributed by atoms with Gasteiger partial charge in [0.25, 0.3) is 0 Å². The van der Waals surface area contributed by atoms with Gasteiger partial charge in [-0.2, -0.15) is 0 Å². The van der Waals surface area contributed by atoms with Crippen molar-refractivity contribution in [2.24, 2.45) is 0 Å². The zero-order valence-corrected chi connectivity index (χ0v) is 12.3. The predicted molar refractivity (Wildman–Crippen MR) is 77.5 cm³/mol. The Bertz CT molecular complexity index is 433. The number of anilines is 1. The van der Waals surface area contributed by atoms with Crippen molar-refractivity contribution in [3.8, 4) is 0 Å². The molecular formula is C13H18Cl2N2O. The quantitative estimate of drug-likeness (QED) is 0.867. The fraction of sp³-hybridized carbons (Fsp3) is 0.462. The van der Waals surface area contributed by atoms with Crippen molar-refractivity contribution < 1.29 is 4.79 Å². The molecule has 0 atom stereocenters. The first kappa shape index (κ1) is 15.1. The number of halogens is 2. The van der Waals surface area contributed by atoms with Crippen molar-refractivity contribution in [1.82, 2.24) is 5.32 Å². The third-order valence-electron chi connectivity index (χ3n) is 2.73. The van der Waals surface area contributed by atoms with Crippen molar-refractivity contribution in [2.45, 2.75) is 32.7 Å². The molecule has 0 unspecified atom stereocenters. The van der Waals surface area contributed by atoms with Gasteiger partial charge in [0.1, 0.15) is 0 Å². The van der Waals surface area contributed by atoms with Crippen LogP contribution in [0.5, 0.6) is 0 Å². The lowest BCUT2D eigenvalue weighted by Gasteiger charge is -2.24. The molecule has 0 aliphatic heterocycles. The van der Waals surface area contributed by atoms with Gasteiger partial charge in [-0.1, -0.05) is 30.1 Å². The minimum atomic E-state index is -0.184. The third-order valence-corrected chi connectivity index (χ3v) is 3.47. The number of hydrogen-bond donors (Lipinski definition) is 2. The lowest BCUT2D eigenvalue weighted by atomic mass is 10.0. The van der Waals surface area contributed by atoms with Gasteiger partial charge >= 0.3 is 0 Å². The molecule has 18 heavy (non-hydrogen) atoms. The van der Waals surface area contributed by atoms with Crippen LogP contribution in [0, 0.1) is 0 Å². The first-order valence-electron chi connectivity index (χ1n) is 5.84. The molecule has 1 rings (SSSR count). The molecule has 0 aliphatic rings. The Kier molecular flexibility index (Phi) is 5.29. The van der Waals surface area contributed by atoms with Crippen LogP contribution in [0.25, 0.3) is 0 Å². The molecule has 1 amide bonds. The smallest absolute Gasteiger partial charge is 0.239 e. The van der Waals surface area contributed by atoms with Crippen molar-refractivity contribution in [3.63, 3.8) is 0 Å². The molecule has 1 aromatic carbocycles. The molecule has 100 valence electrons. The molecule has 0 aromatic heterocycles. The van der Waals surface area contributed by atoms with E-state index in [1.807, 2.05) is 20.8 Å². The number of hydrogen-bond acceptors (Lipinski definition) is 2. The van der Waals surface area contributed by atoms with E-state index in [-0.39, 0.29) is 18.0 Å². The summed E-state index contributed by atoms with van der Waals surface area (Å²) in [6, 6.07) is 5.18. The molecular weight excluding hydrogens is 271 g/mol. The van der Waals surface area contributed by atoms with E-state index < -0.39 is 0 Å². The Morgan fingerprint density at radius 1 is 1.28 bits per heavy atom. The lowest BCUT2D eigenvalue weighted by molar-refractivity contribution is -0.121. The SMILES string of the molecule is CCC(C)(C)NC(=O)CNc1ccc(Cl)c(Cl)c1. The van der Waals surface area contributed by atoms with Crippen LogP contribution in [0.1, 0.15) is 27.2 Å². The van der Waals surface area contributed by atoms with Gasteiger partial charge in [-0.3, -0.25) is 4.79 Å². The fourth-order valence-corrected chi connectivity index (χ4v) is 1.60. The summed E-state index contributed by atoms with van der Waals surface area (Å²) in [4.78, 5) is 11.7. The summed E-state index contributed by atoms with van der Waals surface area (Å²) < 4.78 is 0. The van der Waals surface area contributed by atoms with Gasteiger partial charge < -0.3 is 10.6 Å². The van der Waals surface area contributed by atoms with Gasteiger partial charge in [-0.15, -0.1) is 0 Å². The van der Waals surface area contributed by atoms with E-state index in [1.165, 1.54) is 0 Å². The summed E-state index contributed by atoms with van der Waals surface area (Å²) in [6.45, 7) is 6.22. The summed E-state index contributed by atoms with van der Waals surface area (Å²) in [7, 11) is 0. The van der Waals surface area contributed by atoms with E-state index in [9.17, 15) is 4.79 Å². The van der Waals surface area contributed by atoms with Crippen LogP contribution in [-0.2, 0) is 4.79 Å². The second-order valence-corrected chi connectivity index (χ2v) is 5.58. The Hall–Kier alpha value is -0.930. The maximum absolute atomic E-state index is 11.7. The van der Waals surface area contributed by atoms with Gasteiger partial charge in [0.05, 0.1) is 16.6 Å². The lowest BCUT2D eigenvalue weighted by Crippen LogP contribution is -2.45. The Morgan fingerprint density at radius 3 is 2.50 bits per heavy atom. The highest BCUT2D eigenvalue weighted by Crippen LogP contribution is 2.24. The number of nitrogens with one attached hydrogen (secondary N) is 2. The van der Waals surface area contributed by atoms with Crippen LogP contribution in [0.2, 0.25) is 10.0 Å². The first-order valence-corrected chi connectivity index (χ1v) is 6.59. The minimum absolute atomic E-state index is 0.0482. The second-order valence-electron chi connectivity index (χ2n) is 4.77. The summed E-state index contributed by atoms with van der Waals surface area (Å²) in [6.07, 6.45) is 0.880. The molecule has 0 bridgehead atoms. The van der Waals surface area contributed by atoms with Crippen molar-refractivity contribution in [2.75, 3.05) is 11.9 Å². The molecule has 3 nitrogen and oxygen atoms in total. The number of carbonyl (C=O) groups is 1.